The Morgan fingerprint density at radius 3 is 2.65 bits per heavy atom. The predicted molar refractivity (Wildman–Crippen MR) is 72.4 cm³/mol. The van der Waals surface area contributed by atoms with E-state index in [1.807, 2.05) is 0 Å². The first-order chi connectivity index (χ1) is 10.6. The molecular formula is C11H12F3N3O5S. The number of anilines is 1. The van der Waals surface area contributed by atoms with Gasteiger partial charge in [-0.2, -0.15) is 18.2 Å². The van der Waals surface area contributed by atoms with Crippen LogP contribution in [0.5, 0.6) is 0 Å². The van der Waals surface area contributed by atoms with E-state index >= 15 is 0 Å². The molecule has 1 aromatic heterocycles. The van der Waals surface area contributed by atoms with E-state index in [1.54, 1.807) is 0 Å². The number of aliphatic hydroxyl groups is 2. The van der Waals surface area contributed by atoms with Crippen LogP contribution in [0.4, 0.5) is 19.0 Å². The van der Waals surface area contributed by atoms with E-state index in [4.69, 9.17) is 5.73 Å². The number of rotatable bonds is 3. The molecule has 1 fully saturated rings. The van der Waals surface area contributed by atoms with Crippen molar-refractivity contribution in [1.29, 1.82) is 0 Å². The molecular weight excluding hydrogens is 343 g/mol. The molecule has 23 heavy (non-hydrogen) atoms. The summed E-state index contributed by atoms with van der Waals surface area (Å²) >= 11 is 0.790. The van der Waals surface area contributed by atoms with E-state index in [2.05, 4.69) is 9.72 Å². The molecule has 2 unspecified atom stereocenters. The first-order valence-electron chi connectivity index (χ1n) is 6.21. The van der Waals surface area contributed by atoms with E-state index in [1.165, 1.54) is 12.3 Å². The number of carbonyl (C=O) groups excluding carboxylic acids is 1. The van der Waals surface area contributed by atoms with Crippen molar-refractivity contribution in [2.45, 2.75) is 29.0 Å². The Balaban J connectivity index is 2.09. The molecule has 8 nitrogen and oxygen atoms in total. The molecule has 1 aromatic rings. The molecule has 4 atom stereocenters. The van der Waals surface area contributed by atoms with Gasteiger partial charge >= 0.3 is 17.8 Å². The summed E-state index contributed by atoms with van der Waals surface area (Å²) in [6, 6.07) is 1.29. The van der Waals surface area contributed by atoms with Gasteiger partial charge in [-0.25, -0.2) is 9.59 Å². The summed E-state index contributed by atoms with van der Waals surface area (Å²) in [4.78, 5) is 25.8. The van der Waals surface area contributed by atoms with Crippen LogP contribution in [0.15, 0.2) is 17.1 Å². The number of thioether (sulfide) groups is 1. The summed E-state index contributed by atoms with van der Waals surface area (Å²) in [6.45, 7) is -0.769. The van der Waals surface area contributed by atoms with Crippen molar-refractivity contribution in [1.82, 2.24) is 9.55 Å². The largest absolute Gasteiger partial charge is 0.490 e. The van der Waals surface area contributed by atoms with Crippen LogP contribution in [-0.4, -0.2) is 56.0 Å². The van der Waals surface area contributed by atoms with Crippen molar-refractivity contribution in [2.75, 3.05) is 12.3 Å². The second kappa shape index (κ2) is 6.37. The first kappa shape index (κ1) is 17.6. The average molecular weight is 355 g/mol. The van der Waals surface area contributed by atoms with Crippen molar-refractivity contribution >= 4 is 23.5 Å². The zero-order valence-corrected chi connectivity index (χ0v) is 12.1. The second-order valence-corrected chi connectivity index (χ2v) is 6.05. The van der Waals surface area contributed by atoms with Gasteiger partial charge in [0.2, 0.25) is 0 Å². The van der Waals surface area contributed by atoms with Crippen molar-refractivity contribution in [2.24, 2.45) is 0 Å². The Bertz CT molecular complexity index is 653. The van der Waals surface area contributed by atoms with Gasteiger partial charge in [0.05, 0.1) is 11.4 Å². The van der Waals surface area contributed by atoms with Gasteiger partial charge < -0.3 is 20.7 Å². The summed E-state index contributed by atoms with van der Waals surface area (Å²) in [5.41, 5.74) is 4.54. The van der Waals surface area contributed by atoms with Crippen LogP contribution in [0.25, 0.3) is 0 Å². The van der Waals surface area contributed by atoms with Gasteiger partial charge in [0.15, 0.2) is 0 Å². The topological polar surface area (TPSA) is 128 Å². The minimum atomic E-state index is -5.15. The van der Waals surface area contributed by atoms with Gasteiger partial charge in [0, 0.05) is 6.20 Å². The maximum absolute atomic E-state index is 12.1. The third kappa shape index (κ3) is 3.76. The Morgan fingerprint density at radius 1 is 1.43 bits per heavy atom. The predicted octanol–water partition coefficient (Wildman–Crippen LogP) is -0.733. The van der Waals surface area contributed by atoms with E-state index in [0.29, 0.717) is 0 Å². The number of nitrogens with zero attached hydrogens (tertiary/aromatic N) is 2. The molecule has 1 aliphatic heterocycles. The third-order valence-electron chi connectivity index (χ3n) is 3.07. The lowest BCUT2D eigenvalue weighted by Gasteiger charge is -2.17. The van der Waals surface area contributed by atoms with Crippen LogP contribution in [0, 0.1) is 0 Å². The summed E-state index contributed by atoms with van der Waals surface area (Å²) in [6.07, 6.45) is -6.86. The number of nitrogen functional groups attached to an aromatic ring is 1. The number of aliphatic hydroxyl groups excluding tert-OH is 2. The highest BCUT2D eigenvalue weighted by Gasteiger charge is 2.46. The van der Waals surface area contributed by atoms with E-state index in [9.17, 15) is 33.0 Å². The van der Waals surface area contributed by atoms with Crippen molar-refractivity contribution in [3.05, 3.63) is 22.7 Å². The van der Waals surface area contributed by atoms with Crippen LogP contribution in [0.2, 0.25) is 0 Å². The second-order valence-electron chi connectivity index (χ2n) is 4.68. The number of nitrogens with two attached hydrogens (primary N) is 1. The summed E-state index contributed by atoms with van der Waals surface area (Å²) in [7, 11) is 0. The highest BCUT2D eigenvalue weighted by atomic mass is 32.2. The summed E-state index contributed by atoms with van der Waals surface area (Å²) in [5.74, 6) is -2.44. The minimum Gasteiger partial charge on any atom is -0.458 e. The monoisotopic (exact) mass is 355 g/mol. The lowest BCUT2D eigenvalue weighted by molar-refractivity contribution is -0.200. The molecule has 0 aliphatic carbocycles. The normalized spacial score (nSPS) is 27.9. The maximum Gasteiger partial charge on any atom is 0.490 e. The highest BCUT2D eigenvalue weighted by molar-refractivity contribution is 8.00. The fraction of sp³-hybridized carbons (Fsp3) is 0.545. The molecule has 0 amide bonds. The Kier molecular flexibility index (Phi) is 4.87. The third-order valence-corrected chi connectivity index (χ3v) is 4.62. The lowest BCUT2D eigenvalue weighted by atomic mass is 10.1. The average Bonchev–Trinajstić information content (AvgIpc) is 2.72. The van der Waals surface area contributed by atoms with E-state index in [-0.39, 0.29) is 5.82 Å². The number of hydrogen-bond acceptors (Lipinski definition) is 8. The SMILES string of the molecule is Nc1ccn([C@@H]2S[C@H](COC(=O)C(F)(F)F)C(O)C2O)c(=O)n1. The zero-order chi connectivity index (χ0) is 17.4. The Hall–Kier alpha value is -1.79. The molecule has 2 rings (SSSR count). The molecule has 0 saturated carbocycles. The fourth-order valence-corrected chi connectivity index (χ4v) is 3.40. The molecule has 0 spiro atoms. The fourth-order valence-electron chi connectivity index (χ4n) is 1.96. The molecule has 0 radical (unpaired) electrons. The van der Waals surface area contributed by atoms with Crippen LogP contribution >= 0.6 is 11.8 Å². The molecule has 128 valence electrons. The van der Waals surface area contributed by atoms with Gasteiger partial charge in [-0.1, -0.05) is 0 Å². The van der Waals surface area contributed by atoms with E-state index < -0.39 is 47.3 Å². The molecule has 1 saturated heterocycles. The highest BCUT2D eigenvalue weighted by Crippen LogP contribution is 2.41. The molecule has 0 aromatic carbocycles. The molecule has 1 aliphatic rings. The maximum atomic E-state index is 12.1. The lowest BCUT2D eigenvalue weighted by Crippen LogP contribution is -2.37. The standard InChI is InChI=1S/C11H12F3N3O5S/c12-11(13,14)9(20)22-3-4-6(18)7(19)8(23-4)17-2-1-5(15)16-10(17)21/h1-2,4,6-8,18-19H,3H2,(H2,15,16,21)/t4-,6?,7?,8-/m1/s1. The van der Waals surface area contributed by atoms with Crippen molar-refractivity contribution in [3.8, 4) is 0 Å². The van der Waals surface area contributed by atoms with E-state index in [0.717, 1.165) is 16.3 Å². The van der Waals surface area contributed by atoms with Gasteiger partial charge in [-0.05, 0) is 6.07 Å². The number of halogens is 3. The summed E-state index contributed by atoms with van der Waals surface area (Å²) < 4.78 is 41.3. The number of carbonyl (C=O) groups is 1. The number of esters is 1. The smallest absolute Gasteiger partial charge is 0.458 e. The number of alkyl halides is 3. The van der Waals surface area contributed by atoms with Gasteiger partial charge in [-0.3, -0.25) is 4.57 Å². The molecule has 4 N–H and O–H groups in total. The molecule has 2 heterocycles. The van der Waals surface area contributed by atoms with Crippen molar-refractivity contribution in [3.63, 3.8) is 0 Å². The van der Waals surface area contributed by atoms with Crippen LogP contribution in [-0.2, 0) is 9.53 Å². The van der Waals surface area contributed by atoms with Crippen LogP contribution < -0.4 is 11.4 Å². The van der Waals surface area contributed by atoms with Gasteiger partial charge in [0.1, 0.15) is 23.9 Å². The quantitative estimate of drug-likeness (QED) is 0.606. The number of hydrogen-bond donors (Lipinski definition) is 3. The molecule has 12 heteroatoms. The molecule has 0 bridgehead atoms. The minimum absolute atomic E-state index is 0.0417. The summed E-state index contributed by atoms with van der Waals surface area (Å²) in [5, 5.41) is 17.8. The zero-order valence-electron chi connectivity index (χ0n) is 11.3. The Morgan fingerprint density at radius 2 is 2.09 bits per heavy atom. The first-order valence-corrected chi connectivity index (χ1v) is 7.15. The van der Waals surface area contributed by atoms with Crippen LogP contribution in [0.1, 0.15) is 5.37 Å². The van der Waals surface area contributed by atoms with Crippen LogP contribution in [0.3, 0.4) is 0 Å². The van der Waals surface area contributed by atoms with Gasteiger partial charge in [0.25, 0.3) is 0 Å². The Labute approximate surface area is 131 Å². The number of ether oxygens (including phenoxy) is 1. The van der Waals surface area contributed by atoms with Crippen molar-refractivity contribution < 1.29 is 32.9 Å². The van der Waals surface area contributed by atoms with Gasteiger partial charge in [-0.15, -0.1) is 11.8 Å². The number of aromatic nitrogens is 2.